The van der Waals surface area contributed by atoms with Crippen LogP contribution in [0.15, 0.2) is 60.2 Å². The molecule has 6 heterocycles. The van der Waals surface area contributed by atoms with E-state index in [0.29, 0.717) is 19.0 Å². The maximum Gasteiger partial charge on any atom is 0.159 e. The molecule has 2 aromatic rings. The maximum atomic E-state index is 14.0. The van der Waals surface area contributed by atoms with E-state index in [4.69, 9.17) is 0 Å². The molecule has 42 heavy (non-hydrogen) atoms. The van der Waals surface area contributed by atoms with Gasteiger partial charge in [0.2, 0.25) is 0 Å². The zero-order valence-corrected chi connectivity index (χ0v) is 24.9. The molecular weight excluding hydrogens is 520 g/mol. The van der Waals surface area contributed by atoms with Gasteiger partial charge in [0.05, 0.1) is 11.6 Å². The molecule has 7 atom stereocenters. The highest BCUT2D eigenvalue weighted by Crippen LogP contribution is 2.60. The molecule has 3 unspecified atom stereocenters. The van der Waals surface area contributed by atoms with Crippen molar-refractivity contribution in [1.29, 1.82) is 0 Å². The van der Waals surface area contributed by atoms with Gasteiger partial charge >= 0.3 is 0 Å². The average Bonchev–Trinajstić information content (AvgIpc) is 3.49. The smallest absolute Gasteiger partial charge is 0.159 e. The molecular formula is C36H46N4O2. The lowest BCUT2D eigenvalue weighted by Gasteiger charge is -2.58. The minimum Gasteiger partial charge on any atom is -0.629 e. The molecule has 1 aromatic heterocycles. The molecule has 1 spiro atoms. The summed E-state index contributed by atoms with van der Waals surface area (Å²) in [6, 6.07) is 8.85. The van der Waals surface area contributed by atoms with E-state index in [2.05, 4.69) is 75.5 Å². The normalized spacial score (nSPS) is 40.2. The molecule has 1 aliphatic carbocycles. The Labute approximate surface area is 249 Å². The summed E-state index contributed by atoms with van der Waals surface area (Å²) in [5.41, 5.74) is 2.00. The summed E-state index contributed by atoms with van der Waals surface area (Å²) in [5.74, 6) is 0.262. The Balaban J connectivity index is 1.37. The van der Waals surface area contributed by atoms with Crippen LogP contribution in [0.3, 0.4) is 0 Å². The standard InChI is InChI=1S/C36H46N4O2/c41-36-18-10-4-1-2-5-11-19-38-21-17-30(35(25-38)23-26-13-7-3-6-12-20-39(26)34(35)36)29(24-36)33-32-28(16-22-40(33)42)27-14-8-9-15-31(27)37-32/h1,4,7-9,13-16,24,26,30,34,37,40-41H,2-3,5-6,10-12,17-23,25H2/b4-1-,13-7-/t26?,30-,34+,35-,36-/m0/s1. The third-order valence-electron chi connectivity index (χ3n) is 11.5. The number of quaternary nitrogens is 1. The molecule has 222 valence electrons. The summed E-state index contributed by atoms with van der Waals surface area (Å²) in [4.78, 5) is 9.10. The summed E-state index contributed by atoms with van der Waals surface area (Å²) < 4.78 is 0. The van der Waals surface area contributed by atoms with Crippen molar-refractivity contribution >= 4 is 22.7 Å². The van der Waals surface area contributed by atoms with Crippen LogP contribution in [0.2, 0.25) is 0 Å². The third-order valence-corrected chi connectivity index (χ3v) is 11.5. The van der Waals surface area contributed by atoms with Crippen molar-refractivity contribution in [3.05, 3.63) is 76.0 Å². The number of nitrogens with one attached hydrogen (secondary N) is 2. The summed E-state index contributed by atoms with van der Waals surface area (Å²) in [7, 11) is 0. The van der Waals surface area contributed by atoms with Gasteiger partial charge in [-0.15, -0.1) is 0 Å². The number of aliphatic hydroxyl groups is 1. The van der Waals surface area contributed by atoms with Gasteiger partial charge in [-0.05, 0) is 108 Å². The van der Waals surface area contributed by atoms with Gasteiger partial charge in [0.25, 0.3) is 0 Å². The SMILES string of the molecule is [O-][NH+]1CC=c2c([nH]c3ccccc23)=C1C1=C[C@@]2(O)CC/C=C\CCCCN3CC[C@@H]1[C@]1(CC4/C=C\CCCCN4[C@H]12)C3. The quantitative estimate of drug-likeness (QED) is 0.367. The van der Waals surface area contributed by atoms with Crippen molar-refractivity contribution in [2.45, 2.75) is 81.9 Å². The van der Waals surface area contributed by atoms with E-state index in [0.717, 1.165) is 85.6 Å². The van der Waals surface area contributed by atoms with E-state index in [-0.39, 0.29) is 22.4 Å². The molecule has 0 amide bonds. The van der Waals surface area contributed by atoms with E-state index < -0.39 is 5.60 Å². The van der Waals surface area contributed by atoms with Gasteiger partial charge in [-0.2, -0.15) is 0 Å². The molecule has 6 aliphatic rings. The Bertz CT molecular complexity index is 1570. The number of hydroxylamine groups is 2. The van der Waals surface area contributed by atoms with Gasteiger partial charge in [0.1, 0.15) is 11.9 Å². The van der Waals surface area contributed by atoms with Crippen molar-refractivity contribution in [1.82, 2.24) is 14.8 Å². The number of benzene rings is 1. The van der Waals surface area contributed by atoms with E-state index in [1.54, 1.807) is 0 Å². The van der Waals surface area contributed by atoms with Gasteiger partial charge in [-0.25, -0.2) is 0 Å². The molecule has 2 fully saturated rings. The highest BCUT2D eigenvalue weighted by atomic mass is 16.5. The molecule has 8 rings (SSSR count). The molecule has 0 radical (unpaired) electrons. The molecule has 5 aliphatic heterocycles. The number of hydrogen-bond acceptors (Lipinski definition) is 4. The summed E-state index contributed by atoms with van der Waals surface area (Å²) >= 11 is 0. The average molecular weight is 567 g/mol. The molecule has 2 saturated heterocycles. The number of piperidine rings is 1. The lowest BCUT2D eigenvalue weighted by molar-refractivity contribution is -0.760. The fraction of sp³-hybridized carbons (Fsp3) is 0.556. The molecule has 6 nitrogen and oxygen atoms in total. The number of para-hydroxylation sites is 1. The number of aromatic nitrogens is 1. The largest absolute Gasteiger partial charge is 0.629 e. The zero-order chi connectivity index (χ0) is 28.3. The number of rotatable bonds is 1. The fourth-order valence-electron chi connectivity index (χ4n) is 9.92. The third kappa shape index (κ3) is 4.25. The minimum absolute atomic E-state index is 0.0662. The zero-order valence-electron chi connectivity index (χ0n) is 24.9. The van der Waals surface area contributed by atoms with Crippen LogP contribution in [-0.4, -0.2) is 70.3 Å². The van der Waals surface area contributed by atoms with Gasteiger partial charge in [-0.3, -0.25) is 4.90 Å². The summed E-state index contributed by atoms with van der Waals surface area (Å²) in [5, 5.41) is 30.6. The lowest BCUT2D eigenvalue weighted by Crippen LogP contribution is -3.06. The first kappa shape index (κ1) is 27.1. The van der Waals surface area contributed by atoms with Crippen molar-refractivity contribution in [2.75, 3.05) is 32.7 Å². The number of allylic oxidation sites excluding steroid dienone is 3. The Kier molecular flexibility index (Phi) is 6.84. The van der Waals surface area contributed by atoms with Crippen LogP contribution >= 0.6 is 0 Å². The van der Waals surface area contributed by atoms with Gasteiger partial charge in [0, 0.05) is 39.7 Å². The predicted molar refractivity (Wildman–Crippen MR) is 169 cm³/mol. The topological polar surface area (TPSA) is 70.0 Å². The van der Waals surface area contributed by atoms with E-state index in [9.17, 15) is 10.3 Å². The number of fused-ring (bicyclic) bond motifs is 5. The molecule has 3 N–H and O–H groups in total. The van der Waals surface area contributed by atoms with Crippen molar-refractivity contribution in [3.63, 3.8) is 0 Å². The Morgan fingerprint density at radius 2 is 1.81 bits per heavy atom. The van der Waals surface area contributed by atoms with Crippen LogP contribution in [0, 0.1) is 16.5 Å². The molecule has 6 heteroatoms. The van der Waals surface area contributed by atoms with Crippen LogP contribution < -0.4 is 15.6 Å². The number of nitrogens with zero attached hydrogens (tertiary/aromatic N) is 2. The van der Waals surface area contributed by atoms with Crippen molar-refractivity contribution < 1.29 is 10.2 Å². The lowest BCUT2D eigenvalue weighted by atomic mass is 9.54. The second kappa shape index (κ2) is 10.6. The first-order chi connectivity index (χ1) is 20.6. The minimum atomic E-state index is -0.990. The van der Waals surface area contributed by atoms with Crippen molar-refractivity contribution in [3.8, 4) is 0 Å². The second-order valence-corrected chi connectivity index (χ2v) is 13.9. The number of hydrogen-bond donors (Lipinski definition) is 3. The fourth-order valence-corrected chi connectivity index (χ4v) is 9.92. The van der Waals surface area contributed by atoms with E-state index >= 15 is 0 Å². The monoisotopic (exact) mass is 566 g/mol. The van der Waals surface area contributed by atoms with Gasteiger partial charge < -0.3 is 25.3 Å². The summed E-state index contributed by atoms with van der Waals surface area (Å²) in [6.07, 6.45) is 24.6. The Hall–Kier alpha value is -2.48. The van der Waals surface area contributed by atoms with Gasteiger partial charge in [0.15, 0.2) is 5.70 Å². The summed E-state index contributed by atoms with van der Waals surface area (Å²) in [6.45, 7) is 4.69. The maximum absolute atomic E-state index is 14.0. The van der Waals surface area contributed by atoms with Crippen LogP contribution in [-0.2, 0) is 0 Å². The Morgan fingerprint density at radius 1 is 0.976 bits per heavy atom. The first-order valence-corrected chi connectivity index (χ1v) is 16.7. The molecule has 1 aromatic carbocycles. The number of H-pyrrole nitrogens is 1. The van der Waals surface area contributed by atoms with Crippen LogP contribution in [0.5, 0.6) is 0 Å². The van der Waals surface area contributed by atoms with Crippen molar-refractivity contribution in [2.24, 2.45) is 11.3 Å². The predicted octanol–water partition coefficient (Wildman–Crippen LogP) is 3.14. The van der Waals surface area contributed by atoms with Crippen LogP contribution in [0.25, 0.3) is 22.7 Å². The van der Waals surface area contributed by atoms with E-state index in [1.807, 2.05) is 0 Å². The highest BCUT2D eigenvalue weighted by Gasteiger charge is 2.66. The first-order valence-electron chi connectivity index (χ1n) is 16.7. The van der Waals surface area contributed by atoms with Gasteiger partial charge in [-0.1, -0.05) is 42.5 Å². The highest BCUT2D eigenvalue weighted by molar-refractivity contribution is 5.82. The number of aromatic amines is 1. The van der Waals surface area contributed by atoms with E-state index in [1.165, 1.54) is 31.1 Å². The van der Waals surface area contributed by atoms with Crippen LogP contribution in [0.1, 0.15) is 64.2 Å². The molecule has 3 bridgehead atoms. The molecule has 0 saturated carbocycles. The van der Waals surface area contributed by atoms with Crippen LogP contribution in [0.4, 0.5) is 0 Å². The second-order valence-electron chi connectivity index (χ2n) is 13.9. The Morgan fingerprint density at radius 3 is 2.74 bits per heavy atom.